The van der Waals surface area contributed by atoms with Gasteiger partial charge >= 0.3 is 6.18 Å². The number of alkyl halides is 3. The second-order valence-electron chi connectivity index (χ2n) is 10.9. The minimum absolute atomic E-state index is 0. The summed E-state index contributed by atoms with van der Waals surface area (Å²) in [5.74, 6) is 0.0348. The minimum Gasteiger partial charge on any atom is -0.385 e. The van der Waals surface area contributed by atoms with Crippen LogP contribution in [0.4, 0.5) is 13.2 Å². The van der Waals surface area contributed by atoms with E-state index in [-0.39, 0.29) is 41.7 Å². The van der Waals surface area contributed by atoms with Gasteiger partial charge in [0.2, 0.25) is 5.91 Å². The molecule has 2 aliphatic heterocycles. The molecule has 1 amide bonds. The second-order valence-corrected chi connectivity index (χ2v) is 11.3. The number of hydrogen-bond acceptors (Lipinski definition) is 4. The number of benzene rings is 3. The van der Waals surface area contributed by atoms with Crippen LogP contribution in [-0.4, -0.2) is 66.8 Å². The van der Waals surface area contributed by atoms with Crippen LogP contribution in [0.15, 0.2) is 78.9 Å². The van der Waals surface area contributed by atoms with E-state index in [2.05, 4.69) is 4.90 Å². The van der Waals surface area contributed by atoms with E-state index < -0.39 is 22.8 Å². The molecule has 0 aliphatic carbocycles. The van der Waals surface area contributed by atoms with E-state index in [0.29, 0.717) is 52.4 Å². The number of amides is 1. The van der Waals surface area contributed by atoms with E-state index >= 15 is 0 Å². The number of piperidine rings is 1. The number of aliphatic hydroxyl groups is 1. The molecular formula is C32H35Cl2F3N2O3. The highest BCUT2D eigenvalue weighted by molar-refractivity contribution is 6.31. The Morgan fingerprint density at radius 2 is 1.43 bits per heavy atom. The molecule has 2 fully saturated rings. The third kappa shape index (κ3) is 6.63. The van der Waals surface area contributed by atoms with Crippen LogP contribution in [0, 0.1) is 0 Å². The first-order chi connectivity index (χ1) is 19.6. The number of carbonyl (C=O) groups excluding carboxylic acids is 1. The number of halogens is 5. The van der Waals surface area contributed by atoms with Crippen LogP contribution in [0.3, 0.4) is 0 Å². The summed E-state index contributed by atoms with van der Waals surface area (Å²) < 4.78 is 45.9. The first kappa shape index (κ1) is 32.3. The predicted octanol–water partition coefficient (Wildman–Crippen LogP) is 6.30. The lowest BCUT2D eigenvalue weighted by Crippen LogP contribution is -2.53. The number of hydrogen-bond donors (Lipinski definition) is 1. The minimum atomic E-state index is -4.60. The largest absolute Gasteiger partial charge is 0.417 e. The molecular weight excluding hydrogens is 588 g/mol. The molecule has 0 unspecified atom stereocenters. The summed E-state index contributed by atoms with van der Waals surface area (Å²) in [6.07, 6.45) is -3.55. The Labute approximate surface area is 255 Å². The number of ether oxygens (including phenoxy) is 1. The molecule has 1 N–H and O–H groups in total. The summed E-state index contributed by atoms with van der Waals surface area (Å²) in [5, 5.41) is 11.0. The molecule has 0 radical (unpaired) electrons. The summed E-state index contributed by atoms with van der Waals surface area (Å²) in [6.45, 7) is 3.58. The fourth-order valence-corrected chi connectivity index (χ4v) is 6.31. The average Bonchev–Trinajstić information content (AvgIpc) is 2.99. The van der Waals surface area contributed by atoms with Crippen LogP contribution in [-0.2, 0) is 26.7 Å². The monoisotopic (exact) mass is 622 g/mol. The normalized spacial score (nSPS) is 17.9. The van der Waals surface area contributed by atoms with Crippen molar-refractivity contribution in [2.45, 2.75) is 36.5 Å². The predicted molar refractivity (Wildman–Crippen MR) is 159 cm³/mol. The zero-order chi connectivity index (χ0) is 29.1. The third-order valence-electron chi connectivity index (χ3n) is 8.49. The lowest BCUT2D eigenvalue weighted by atomic mass is 9.70. The summed E-state index contributed by atoms with van der Waals surface area (Å²) in [7, 11) is 0. The summed E-state index contributed by atoms with van der Waals surface area (Å²) in [6, 6.07) is 23.3. The van der Waals surface area contributed by atoms with Gasteiger partial charge in [0, 0.05) is 26.2 Å². The fourth-order valence-electron chi connectivity index (χ4n) is 6.08. The van der Waals surface area contributed by atoms with Gasteiger partial charge in [-0.3, -0.25) is 4.79 Å². The van der Waals surface area contributed by atoms with Crippen LogP contribution < -0.4 is 0 Å². The summed E-state index contributed by atoms with van der Waals surface area (Å²) in [4.78, 5) is 18.5. The number of morpholine rings is 1. The fraction of sp³-hybridized carbons (Fsp3) is 0.406. The van der Waals surface area contributed by atoms with Gasteiger partial charge < -0.3 is 19.6 Å². The van der Waals surface area contributed by atoms with Gasteiger partial charge in [-0.2, -0.15) is 13.2 Å². The van der Waals surface area contributed by atoms with Crippen molar-refractivity contribution in [2.75, 3.05) is 45.9 Å². The smallest absolute Gasteiger partial charge is 0.385 e. The van der Waals surface area contributed by atoms with Gasteiger partial charge in [-0.25, -0.2) is 0 Å². The Balaban J connectivity index is 0.00000405. The Morgan fingerprint density at radius 3 is 1.95 bits per heavy atom. The Bertz CT molecular complexity index is 1290. The molecule has 3 aromatic rings. The van der Waals surface area contributed by atoms with Crippen LogP contribution in [0.25, 0.3) is 0 Å². The molecule has 2 heterocycles. The highest BCUT2D eigenvalue weighted by atomic mass is 35.5. The van der Waals surface area contributed by atoms with E-state index in [1.54, 1.807) is 0 Å². The van der Waals surface area contributed by atoms with Crippen molar-refractivity contribution in [1.82, 2.24) is 9.80 Å². The van der Waals surface area contributed by atoms with Gasteiger partial charge in [0.25, 0.3) is 0 Å². The molecule has 2 saturated heterocycles. The van der Waals surface area contributed by atoms with Crippen molar-refractivity contribution < 1.29 is 27.8 Å². The lowest BCUT2D eigenvalue weighted by Gasteiger charge is -2.43. The van der Waals surface area contributed by atoms with Crippen molar-refractivity contribution in [3.8, 4) is 0 Å². The van der Waals surface area contributed by atoms with E-state index in [1.165, 1.54) is 12.1 Å². The van der Waals surface area contributed by atoms with E-state index in [0.717, 1.165) is 17.2 Å². The van der Waals surface area contributed by atoms with Gasteiger partial charge in [0.1, 0.15) is 5.41 Å². The Kier molecular flexibility index (Phi) is 10.3. The van der Waals surface area contributed by atoms with Gasteiger partial charge in [-0.1, -0.05) is 78.3 Å². The maximum atomic E-state index is 14.4. The second kappa shape index (κ2) is 13.3. The van der Waals surface area contributed by atoms with Gasteiger partial charge in [-0.05, 0) is 54.6 Å². The maximum absolute atomic E-state index is 14.4. The average molecular weight is 624 g/mol. The Morgan fingerprint density at radius 1 is 0.881 bits per heavy atom. The number of carbonyl (C=O) groups is 1. The van der Waals surface area contributed by atoms with Crippen LogP contribution in [0.2, 0.25) is 5.02 Å². The quantitative estimate of drug-likeness (QED) is 0.336. The third-order valence-corrected chi connectivity index (χ3v) is 8.82. The van der Waals surface area contributed by atoms with E-state index in [4.69, 9.17) is 16.3 Å². The molecule has 0 bridgehead atoms. The summed E-state index contributed by atoms with van der Waals surface area (Å²) in [5.41, 5.74) is -1.20. The standard InChI is InChI=1S/C32H34ClF3N2O3.ClH/c33-28-12-11-26(23-27(28)32(34,35)36)30(40)13-16-37(17-14-30)18-15-31(24-7-3-1-4-8-24,25-9-5-2-6-10-25)29(39)38-19-21-41-22-20-38;/h1-12,23,40H,13-22H2;1H. The van der Waals surface area contributed by atoms with Gasteiger partial charge in [0.05, 0.1) is 29.4 Å². The Hall–Kier alpha value is -2.62. The van der Waals surface area contributed by atoms with Crippen LogP contribution >= 0.6 is 24.0 Å². The molecule has 226 valence electrons. The first-order valence-electron chi connectivity index (χ1n) is 13.9. The maximum Gasteiger partial charge on any atom is 0.417 e. The molecule has 0 atom stereocenters. The van der Waals surface area contributed by atoms with E-state index in [1.807, 2.05) is 65.6 Å². The van der Waals surface area contributed by atoms with Crippen molar-refractivity contribution in [3.63, 3.8) is 0 Å². The number of nitrogens with zero attached hydrogens (tertiary/aromatic N) is 2. The molecule has 3 aromatic carbocycles. The zero-order valence-electron chi connectivity index (χ0n) is 23.2. The molecule has 0 spiro atoms. The van der Waals surface area contributed by atoms with Crippen molar-refractivity contribution >= 4 is 29.9 Å². The molecule has 0 saturated carbocycles. The zero-order valence-corrected chi connectivity index (χ0v) is 24.7. The highest BCUT2D eigenvalue weighted by Gasteiger charge is 2.45. The van der Waals surface area contributed by atoms with Crippen molar-refractivity contribution in [2.24, 2.45) is 0 Å². The molecule has 5 rings (SSSR count). The lowest BCUT2D eigenvalue weighted by molar-refractivity contribution is -0.140. The van der Waals surface area contributed by atoms with E-state index in [9.17, 15) is 23.1 Å². The molecule has 42 heavy (non-hydrogen) atoms. The topological polar surface area (TPSA) is 53.0 Å². The number of rotatable bonds is 7. The molecule has 5 nitrogen and oxygen atoms in total. The summed E-state index contributed by atoms with van der Waals surface area (Å²) >= 11 is 5.81. The van der Waals surface area contributed by atoms with Gasteiger partial charge in [-0.15, -0.1) is 12.4 Å². The highest BCUT2D eigenvalue weighted by Crippen LogP contribution is 2.42. The molecule has 10 heteroatoms. The number of likely N-dealkylation sites (tertiary alicyclic amines) is 1. The van der Waals surface area contributed by atoms with Crippen LogP contribution in [0.1, 0.15) is 41.5 Å². The van der Waals surface area contributed by atoms with Crippen molar-refractivity contribution in [3.05, 3.63) is 106 Å². The molecule has 0 aromatic heterocycles. The van der Waals surface area contributed by atoms with Gasteiger partial charge in [0.15, 0.2) is 0 Å². The first-order valence-corrected chi connectivity index (χ1v) is 14.3. The van der Waals surface area contributed by atoms with Crippen LogP contribution in [0.5, 0.6) is 0 Å². The van der Waals surface area contributed by atoms with Crippen molar-refractivity contribution in [1.29, 1.82) is 0 Å². The SMILES string of the molecule is Cl.O=C(N1CCOCC1)C(CCN1CCC(O)(c2ccc(Cl)c(C(F)(F)F)c2)CC1)(c1ccccc1)c1ccccc1. The molecule has 2 aliphatic rings.